The molecule has 0 atom stereocenters. The molecule has 4 rings (SSSR count). The first-order chi connectivity index (χ1) is 12.5. The van der Waals surface area contributed by atoms with Crippen LogP contribution in [0.1, 0.15) is 25.0 Å². The third kappa shape index (κ3) is 3.42. The number of aromatic nitrogens is 2. The molecule has 6 nitrogen and oxygen atoms in total. The second kappa shape index (κ2) is 6.68. The van der Waals surface area contributed by atoms with Crippen molar-refractivity contribution in [2.75, 3.05) is 31.2 Å². The van der Waals surface area contributed by atoms with Gasteiger partial charge in [-0.1, -0.05) is 24.3 Å². The predicted molar refractivity (Wildman–Crippen MR) is 102 cm³/mol. The number of rotatable bonds is 3. The highest BCUT2D eigenvalue weighted by Gasteiger charge is 2.26. The van der Waals surface area contributed by atoms with E-state index in [4.69, 9.17) is 9.73 Å². The molecular weight excluding hydrogens is 328 g/mol. The molecule has 0 aliphatic carbocycles. The number of hydrogen-bond acceptors (Lipinski definition) is 5. The number of nitrogens with zero attached hydrogens (tertiary/aromatic N) is 4. The summed E-state index contributed by atoms with van der Waals surface area (Å²) in [5.41, 5.74) is 3.92. The molecule has 2 aliphatic heterocycles. The summed E-state index contributed by atoms with van der Waals surface area (Å²) >= 11 is 0. The van der Waals surface area contributed by atoms with Crippen LogP contribution in [0.4, 0.5) is 5.69 Å². The highest BCUT2D eigenvalue weighted by atomic mass is 16.5. The van der Waals surface area contributed by atoms with E-state index in [-0.39, 0.29) is 11.1 Å². The fourth-order valence-electron chi connectivity index (χ4n) is 3.69. The fourth-order valence-corrected chi connectivity index (χ4v) is 3.69. The summed E-state index contributed by atoms with van der Waals surface area (Å²) in [6.45, 7) is 7.60. The van der Waals surface area contributed by atoms with Crippen molar-refractivity contribution in [2.24, 2.45) is 4.99 Å². The van der Waals surface area contributed by atoms with Gasteiger partial charge in [0.25, 0.3) is 5.56 Å². The maximum atomic E-state index is 12.6. The Morgan fingerprint density at radius 2 is 1.96 bits per heavy atom. The summed E-state index contributed by atoms with van der Waals surface area (Å²) in [6, 6.07) is 9.96. The molecule has 0 unspecified atom stereocenters. The van der Waals surface area contributed by atoms with E-state index in [0.29, 0.717) is 19.8 Å². The lowest BCUT2D eigenvalue weighted by molar-refractivity contribution is 0.122. The van der Waals surface area contributed by atoms with Crippen LogP contribution in [-0.2, 0) is 17.7 Å². The molecule has 0 radical (unpaired) electrons. The molecule has 26 heavy (non-hydrogen) atoms. The molecular formula is C20H24N4O2. The van der Waals surface area contributed by atoms with Crippen molar-refractivity contribution < 1.29 is 4.74 Å². The Morgan fingerprint density at radius 1 is 1.19 bits per heavy atom. The molecule has 1 aromatic heterocycles. The van der Waals surface area contributed by atoms with Crippen LogP contribution in [0, 0.1) is 0 Å². The second-order valence-electron chi connectivity index (χ2n) is 7.51. The zero-order valence-electron chi connectivity index (χ0n) is 15.3. The van der Waals surface area contributed by atoms with E-state index >= 15 is 0 Å². The summed E-state index contributed by atoms with van der Waals surface area (Å²) in [5.74, 6) is 0. The number of fused-ring (bicyclic) bond motifs is 1. The fraction of sp³-hybridized carbons (Fsp3) is 0.450. The molecule has 0 bridgehead atoms. The zero-order chi connectivity index (χ0) is 18.1. The molecule has 0 saturated carbocycles. The van der Waals surface area contributed by atoms with Gasteiger partial charge in [0, 0.05) is 24.7 Å². The van der Waals surface area contributed by atoms with E-state index in [0.717, 1.165) is 36.5 Å². The minimum Gasteiger partial charge on any atom is -0.378 e. The Morgan fingerprint density at radius 3 is 2.73 bits per heavy atom. The van der Waals surface area contributed by atoms with Crippen LogP contribution in [0.5, 0.6) is 0 Å². The van der Waals surface area contributed by atoms with Gasteiger partial charge in [0.1, 0.15) is 0 Å². The van der Waals surface area contributed by atoms with E-state index in [1.807, 2.05) is 6.07 Å². The summed E-state index contributed by atoms with van der Waals surface area (Å²) in [6.07, 6.45) is 2.68. The van der Waals surface area contributed by atoms with Crippen LogP contribution < -0.4 is 10.5 Å². The lowest BCUT2D eigenvalue weighted by Crippen LogP contribution is -2.38. The minimum absolute atomic E-state index is 0.0995. The first-order valence-corrected chi connectivity index (χ1v) is 9.09. The smallest absolute Gasteiger partial charge is 0.269 e. The van der Waals surface area contributed by atoms with Crippen molar-refractivity contribution >= 4 is 11.4 Å². The number of aliphatic imine (C=N–C) groups is 1. The molecule has 0 spiro atoms. The van der Waals surface area contributed by atoms with Gasteiger partial charge >= 0.3 is 0 Å². The average Bonchev–Trinajstić information content (AvgIpc) is 2.63. The lowest BCUT2D eigenvalue weighted by Gasteiger charge is -2.29. The number of benzene rings is 1. The topological polar surface area (TPSA) is 59.7 Å². The van der Waals surface area contributed by atoms with Crippen LogP contribution >= 0.6 is 0 Å². The first-order valence-electron chi connectivity index (χ1n) is 9.09. The molecule has 6 heteroatoms. The Hall–Kier alpha value is -2.47. The van der Waals surface area contributed by atoms with E-state index in [1.54, 1.807) is 12.3 Å². The van der Waals surface area contributed by atoms with Gasteiger partial charge < -0.3 is 9.64 Å². The largest absolute Gasteiger partial charge is 0.378 e. The molecule has 0 N–H and O–H groups in total. The summed E-state index contributed by atoms with van der Waals surface area (Å²) in [5, 5.41) is 4.41. The van der Waals surface area contributed by atoms with Gasteiger partial charge in [0.05, 0.1) is 42.9 Å². The van der Waals surface area contributed by atoms with Gasteiger partial charge in [0.2, 0.25) is 0 Å². The van der Waals surface area contributed by atoms with Gasteiger partial charge in [-0.25, -0.2) is 4.68 Å². The quantitative estimate of drug-likeness (QED) is 0.847. The maximum absolute atomic E-state index is 12.6. The first kappa shape index (κ1) is 17.0. The molecule has 3 heterocycles. The molecule has 1 aromatic carbocycles. The third-order valence-corrected chi connectivity index (χ3v) is 4.92. The summed E-state index contributed by atoms with van der Waals surface area (Å²) in [4.78, 5) is 19.6. The van der Waals surface area contributed by atoms with Crippen LogP contribution in [-0.4, -0.2) is 47.3 Å². The lowest BCUT2D eigenvalue weighted by atomic mass is 9.87. The summed E-state index contributed by atoms with van der Waals surface area (Å²) in [7, 11) is 0. The van der Waals surface area contributed by atoms with E-state index in [2.05, 4.69) is 42.0 Å². The van der Waals surface area contributed by atoms with Crippen molar-refractivity contribution in [3.63, 3.8) is 0 Å². The SMILES string of the molecule is CC1(C)Cc2ccccc2C(Cn2ncc(N3CCOCC3)cc2=O)=N1. The third-order valence-electron chi connectivity index (χ3n) is 4.92. The minimum atomic E-state index is -0.166. The number of ether oxygens (including phenoxy) is 1. The number of hydrogen-bond donors (Lipinski definition) is 0. The second-order valence-corrected chi connectivity index (χ2v) is 7.51. The van der Waals surface area contributed by atoms with Crippen molar-refractivity contribution in [2.45, 2.75) is 32.4 Å². The van der Waals surface area contributed by atoms with Gasteiger partial charge in [-0.05, 0) is 25.8 Å². The zero-order valence-corrected chi connectivity index (χ0v) is 15.3. The normalized spacial score (nSPS) is 19.0. The summed E-state index contributed by atoms with van der Waals surface area (Å²) < 4.78 is 6.87. The molecule has 2 aromatic rings. The van der Waals surface area contributed by atoms with Gasteiger partial charge in [-0.15, -0.1) is 0 Å². The maximum Gasteiger partial charge on any atom is 0.269 e. The Labute approximate surface area is 153 Å². The van der Waals surface area contributed by atoms with Gasteiger partial charge in [-0.2, -0.15) is 5.10 Å². The predicted octanol–water partition coefficient (Wildman–Crippen LogP) is 1.90. The molecule has 1 fully saturated rings. The van der Waals surface area contributed by atoms with Crippen LogP contribution in [0.15, 0.2) is 46.3 Å². The Kier molecular flexibility index (Phi) is 4.36. The van der Waals surface area contributed by atoms with E-state index in [9.17, 15) is 4.79 Å². The standard InChI is InChI=1S/C20H24N4O2/c1-20(2)12-15-5-3-4-6-17(15)18(22-20)14-24-19(25)11-16(13-21-24)23-7-9-26-10-8-23/h3-6,11,13H,7-10,12,14H2,1-2H3. The number of morpholine rings is 1. The van der Waals surface area contributed by atoms with E-state index < -0.39 is 0 Å². The van der Waals surface area contributed by atoms with Crippen LogP contribution in [0.3, 0.4) is 0 Å². The molecule has 0 amide bonds. The van der Waals surface area contributed by atoms with Gasteiger partial charge in [0.15, 0.2) is 0 Å². The Bertz CT molecular complexity index is 895. The monoisotopic (exact) mass is 352 g/mol. The molecule has 136 valence electrons. The molecule has 1 saturated heterocycles. The number of anilines is 1. The van der Waals surface area contributed by atoms with Crippen molar-refractivity contribution in [3.8, 4) is 0 Å². The highest BCUT2D eigenvalue weighted by Crippen LogP contribution is 2.27. The van der Waals surface area contributed by atoms with Crippen molar-refractivity contribution in [3.05, 3.63) is 58.0 Å². The van der Waals surface area contributed by atoms with Crippen molar-refractivity contribution in [1.82, 2.24) is 9.78 Å². The van der Waals surface area contributed by atoms with Crippen LogP contribution in [0.25, 0.3) is 0 Å². The average molecular weight is 352 g/mol. The van der Waals surface area contributed by atoms with Crippen molar-refractivity contribution in [1.29, 1.82) is 0 Å². The van der Waals surface area contributed by atoms with E-state index in [1.165, 1.54) is 10.2 Å². The van der Waals surface area contributed by atoms with Gasteiger partial charge in [-0.3, -0.25) is 9.79 Å². The molecule has 2 aliphatic rings. The Balaban J connectivity index is 1.62. The van der Waals surface area contributed by atoms with Crippen LogP contribution in [0.2, 0.25) is 0 Å². The highest BCUT2D eigenvalue weighted by molar-refractivity contribution is 6.02.